The van der Waals surface area contributed by atoms with E-state index in [1.165, 1.54) is 24.3 Å². The van der Waals surface area contributed by atoms with E-state index in [9.17, 15) is 24.1 Å². The van der Waals surface area contributed by atoms with Gasteiger partial charge in [0.2, 0.25) is 0 Å². The van der Waals surface area contributed by atoms with Crippen molar-refractivity contribution in [1.82, 2.24) is 0 Å². The summed E-state index contributed by atoms with van der Waals surface area (Å²) in [5, 5.41) is 0.277. The molecule has 0 aliphatic heterocycles. The summed E-state index contributed by atoms with van der Waals surface area (Å²) in [5.41, 5.74) is 0. The average Bonchev–Trinajstić information content (AvgIpc) is 2.81. The second-order valence-corrected chi connectivity index (χ2v) is 11.2. The van der Waals surface area contributed by atoms with Crippen molar-refractivity contribution in [3.63, 3.8) is 0 Å². The zero-order valence-corrected chi connectivity index (χ0v) is 19.2. The number of benzene rings is 4. The number of hydrogen-bond acceptors (Lipinski definition) is 6. The van der Waals surface area contributed by atoms with E-state index in [2.05, 4.69) is 0 Å². The van der Waals surface area contributed by atoms with Crippen LogP contribution in [0.4, 0.5) is 0 Å². The van der Waals surface area contributed by atoms with Gasteiger partial charge in [-0.05, 0) is 24.3 Å². The molecule has 0 heterocycles. The van der Waals surface area contributed by atoms with Gasteiger partial charge in [0.1, 0.15) is 11.5 Å². The Bertz CT molecular complexity index is 1090. The van der Waals surface area contributed by atoms with Gasteiger partial charge in [-0.25, -0.2) is 4.57 Å². The molecule has 172 valence electrons. The zero-order chi connectivity index (χ0) is 23.8. The number of phosphoric acid groups is 1. The number of phosphoric ester groups is 1. The molecule has 0 fully saturated rings. The van der Waals surface area contributed by atoms with Gasteiger partial charge in [-0.1, -0.05) is 36.4 Å². The fourth-order valence-electron chi connectivity index (χ4n) is 2.80. The van der Waals surface area contributed by atoms with Crippen molar-refractivity contribution < 1.29 is 33.2 Å². The summed E-state index contributed by atoms with van der Waals surface area (Å²) in [4.78, 5) is 40.0. The molecule has 4 aromatic carbocycles. The molecule has 0 radical (unpaired) electrons. The van der Waals surface area contributed by atoms with Crippen LogP contribution in [0, 0.1) is 0 Å². The summed E-state index contributed by atoms with van der Waals surface area (Å²) < 4.78 is 21.5. The molecule has 0 bridgehead atoms. The Hall–Kier alpha value is -3.02. The van der Waals surface area contributed by atoms with Crippen molar-refractivity contribution >= 4 is 25.7 Å². The maximum absolute atomic E-state index is 11.7. The number of hydrogen-bond donors (Lipinski definition) is 4. The Labute approximate surface area is 191 Å². The molecule has 0 atom stereocenters. The summed E-state index contributed by atoms with van der Waals surface area (Å²) in [6.45, 7) is 0. The SMILES string of the molecule is O=P(O)(Oc1ccccc1)Oc1ccccc1.OP(O)(O)(c1ccccc1)c1ccccc1. The standard InChI is InChI=1S/C12H11O4P.C12H13O3P/c13-17(14,15-11-7-3-1-4-8-11)16-12-9-5-2-6-10-12;13-16(14,15,11-7-3-1-4-8-11)12-9-5-2-6-10-12/h1-10H,(H,13,14);1-10,13-15H. The molecule has 4 rings (SSSR count). The molecule has 0 amide bonds. The third-order valence-corrected chi connectivity index (χ3v) is 7.77. The van der Waals surface area contributed by atoms with Gasteiger partial charge in [0.25, 0.3) is 0 Å². The molecule has 9 heteroatoms. The van der Waals surface area contributed by atoms with Gasteiger partial charge in [-0.15, -0.1) is 0 Å². The van der Waals surface area contributed by atoms with Gasteiger partial charge in [-0.3, -0.25) is 4.89 Å². The van der Waals surface area contributed by atoms with E-state index in [1.807, 2.05) is 0 Å². The summed E-state index contributed by atoms with van der Waals surface area (Å²) in [6, 6.07) is 32.9. The Morgan fingerprint density at radius 3 is 1.09 bits per heavy atom. The van der Waals surface area contributed by atoms with Gasteiger partial charge < -0.3 is 9.05 Å². The van der Waals surface area contributed by atoms with Gasteiger partial charge in [0.05, 0.1) is 0 Å². The molecule has 0 saturated heterocycles. The minimum absolute atomic E-state index is 0.139. The van der Waals surface area contributed by atoms with Crippen LogP contribution >= 0.6 is 15.1 Å². The Morgan fingerprint density at radius 1 is 0.515 bits per heavy atom. The number of para-hydroxylation sites is 2. The van der Waals surface area contributed by atoms with Gasteiger partial charge in [0, 0.05) is 0 Å². The quantitative estimate of drug-likeness (QED) is 0.303. The van der Waals surface area contributed by atoms with E-state index in [0.717, 1.165) is 0 Å². The predicted octanol–water partition coefficient (Wildman–Crippen LogP) is 4.16. The number of rotatable bonds is 6. The Morgan fingerprint density at radius 2 is 0.788 bits per heavy atom. The molecule has 0 aromatic heterocycles. The third kappa shape index (κ3) is 6.98. The van der Waals surface area contributed by atoms with Gasteiger partial charge in [0.15, 0.2) is 0 Å². The first-order valence-corrected chi connectivity index (χ1v) is 13.4. The summed E-state index contributed by atoms with van der Waals surface area (Å²) in [5.74, 6) is 0.573. The molecule has 4 aromatic rings. The van der Waals surface area contributed by atoms with Gasteiger partial charge in [-0.2, -0.15) is 0 Å². The van der Waals surface area contributed by atoms with Crippen LogP contribution in [-0.2, 0) is 4.57 Å². The second kappa shape index (κ2) is 10.3. The van der Waals surface area contributed by atoms with Crippen LogP contribution in [0.1, 0.15) is 0 Å². The molecular weight excluding hydrogens is 462 g/mol. The monoisotopic (exact) mass is 486 g/mol. The summed E-state index contributed by atoms with van der Waals surface area (Å²) in [7, 11) is -9.07. The van der Waals surface area contributed by atoms with E-state index in [4.69, 9.17) is 9.05 Å². The molecule has 0 saturated carbocycles. The predicted molar refractivity (Wildman–Crippen MR) is 130 cm³/mol. The summed E-state index contributed by atoms with van der Waals surface area (Å²) >= 11 is 0. The fraction of sp³-hybridized carbons (Fsp3) is 0. The Balaban J connectivity index is 0.000000186. The van der Waals surface area contributed by atoms with E-state index < -0.39 is 15.1 Å². The first-order chi connectivity index (χ1) is 15.6. The molecule has 0 aliphatic rings. The van der Waals surface area contributed by atoms with Crippen molar-refractivity contribution in [2.45, 2.75) is 0 Å². The van der Waals surface area contributed by atoms with Crippen LogP contribution in [0.3, 0.4) is 0 Å². The van der Waals surface area contributed by atoms with Crippen LogP contribution in [0.2, 0.25) is 0 Å². The van der Waals surface area contributed by atoms with Crippen LogP contribution in [0.5, 0.6) is 11.5 Å². The van der Waals surface area contributed by atoms with E-state index in [1.54, 1.807) is 97.1 Å². The van der Waals surface area contributed by atoms with E-state index >= 15 is 0 Å². The van der Waals surface area contributed by atoms with Crippen molar-refractivity contribution in [2.24, 2.45) is 0 Å². The topological polar surface area (TPSA) is 116 Å². The van der Waals surface area contributed by atoms with Gasteiger partial charge >= 0.3 is 101 Å². The normalized spacial score (nSPS) is 12.4. The average molecular weight is 486 g/mol. The Kier molecular flexibility index (Phi) is 7.67. The molecule has 33 heavy (non-hydrogen) atoms. The fourth-order valence-corrected chi connectivity index (χ4v) is 5.36. The minimum atomic E-state index is -4.93. The molecule has 0 spiro atoms. The van der Waals surface area contributed by atoms with Crippen molar-refractivity contribution in [1.29, 1.82) is 0 Å². The molecule has 0 unspecified atom stereocenters. The first kappa shape index (κ1) is 24.6. The molecule has 7 nitrogen and oxygen atoms in total. The molecule has 4 N–H and O–H groups in total. The van der Waals surface area contributed by atoms with Crippen LogP contribution in [0.25, 0.3) is 0 Å². The second-order valence-electron chi connectivity index (χ2n) is 6.93. The van der Waals surface area contributed by atoms with Crippen molar-refractivity contribution in [3.8, 4) is 11.5 Å². The first-order valence-electron chi connectivity index (χ1n) is 9.85. The zero-order valence-electron chi connectivity index (χ0n) is 17.5. The van der Waals surface area contributed by atoms with Crippen LogP contribution in [-0.4, -0.2) is 19.6 Å². The summed E-state index contributed by atoms with van der Waals surface area (Å²) in [6.07, 6.45) is 0. The third-order valence-electron chi connectivity index (χ3n) is 4.39. The maximum atomic E-state index is 11.7. The van der Waals surface area contributed by atoms with E-state index in [0.29, 0.717) is 0 Å². The van der Waals surface area contributed by atoms with Crippen molar-refractivity contribution in [3.05, 3.63) is 121 Å². The van der Waals surface area contributed by atoms with E-state index in [-0.39, 0.29) is 22.1 Å². The van der Waals surface area contributed by atoms with Crippen molar-refractivity contribution in [2.75, 3.05) is 0 Å². The molecular formula is C24H24O7P2. The molecule has 0 aliphatic carbocycles. The van der Waals surface area contributed by atoms with Crippen LogP contribution < -0.4 is 19.7 Å². The van der Waals surface area contributed by atoms with Crippen LogP contribution in [0.15, 0.2) is 121 Å².